The van der Waals surface area contributed by atoms with E-state index in [0.29, 0.717) is 0 Å². The fourth-order valence-corrected chi connectivity index (χ4v) is 1.05. The molecule has 1 aliphatic rings. The summed E-state index contributed by atoms with van der Waals surface area (Å²) in [5, 5.41) is 0. The van der Waals surface area contributed by atoms with Gasteiger partial charge in [0, 0.05) is 5.92 Å². The molecule has 0 aromatic rings. The first kappa shape index (κ1) is 6.33. The van der Waals surface area contributed by atoms with E-state index in [4.69, 9.17) is 5.73 Å². The van der Waals surface area contributed by atoms with E-state index in [1.165, 1.54) is 0 Å². The van der Waals surface area contributed by atoms with Gasteiger partial charge in [-0.1, -0.05) is 12.2 Å². The molecule has 1 unspecified atom stereocenters. The molecule has 0 aromatic heterocycles. The van der Waals surface area contributed by atoms with E-state index in [-0.39, 0.29) is 11.8 Å². The zero-order chi connectivity index (χ0) is 6.69. The lowest BCUT2D eigenvalue weighted by Crippen LogP contribution is -2.23. The van der Waals surface area contributed by atoms with Crippen LogP contribution < -0.4 is 5.73 Å². The molecule has 0 radical (unpaired) electrons. The molecule has 0 saturated carbocycles. The number of nitrogens with two attached hydrogens (primary N) is 1. The summed E-state index contributed by atoms with van der Waals surface area (Å²) in [5.41, 5.74) is 5.09. The van der Waals surface area contributed by atoms with Gasteiger partial charge in [0.05, 0.1) is 0 Å². The molecule has 0 heterocycles. The second-order valence-corrected chi connectivity index (χ2v) is 2.38. The van der Waals surface area contributed by atoms with E-state index in [2.05, 4.69) is 6.08 Å². The van der Waals surface area contributed by atoms with Crippen molar-refractivity contribution in [3.8, 4) is 0 Å². The predicted molar refractivity (Wildman–Crippen MR) is 35.7 cm³/mol. The van der Waals surface area contributed by atoms with Crippen molar-refractivity contribution in [1.82, 2.24) is 0 Å². The number of carbonyl (C=O) groups is 1. The largest absolute Gasteiger partial charge is 0.369 e. The molecule has 1 amide bonds. The Morgan fingerprint density at radius 1 is 1.56 bits per heavy atom. The Morgan fingerprint density at radius 2 is 2.33 bits per heavy atom. The summed E-state index contributed by atoms with van der Waals surface area (Å²) in [6.45, 7) is 0. The van der Waals surface area contributed by atoms with Crippen molar-refractivity contribution in [3.63, 3.8) is 0 Å². The Labute approximate surface area is 54.7 Å². The quantitative estimate of drug-likeness (QED) is 0.518. The fourth-order valence-electron chi connectivity index (χ4n) is 1.05. The normalized spacial score (nSPS) is 26.0. The van der Waals surface area contributed by atoms with Gasteiger partial charge in [-0.3, -0.25) is 4.79 Å². The fraction of sp³-hybridized carbons (Fsp3) is 0.571. The number of amides is 1. The lowest BCUT2D eigenvalue weighted by atomic mass is 9.94. The maximum atomic E-state index is 10.5. The van der Waals surface area contributed by atoms with Gasteiger partial charge in [-0.2, -0.15) is 0 Å². The van der Waals surface area contributed by atoms with Gasteiger partial charge < -0.3 is 5.73 Å². The van der Waals surface area contributed by atoms with Crippen LogP contribution in [0.5, 0.6) is 0 Å². The van der Waals surface area contributed by atoms with Crippen LogP contribution in [0.25, 0.3) is 0 Å². The van der Waals surface area contributed by atoms with Gasteiger partial charge in [0.1, 0.15) is 0 Å². The molecule has 2 N–H and O–H groups in total. The summed E-state index contributed by atoms with van der Waals surface area (Å²) in [5.74, 6) is -0.0469. The second kappa shape index (κ2) is 2.67. The van der Waals surface area contributed by atoms with Gasteiger partial charge >= 0.3 is 0 Å². The molecule has 2 nitrogen and oxygen atoms in total. The zero-order valence-corrected chi connectivity index (χ0v) is 5.34. The summed E-state index contributed by atoms with van der Waals surface area (Å²) >= 11 is 0. The van der Waals surface area contributed by atoms with Crippen LogP contribution in [0.2, 0.25) is 0 Å². The van der Waals surface area contributed by atoms with Gasteiger partial charge in [0.2, 0.25) is 5.91 Å². The maximum Gasteiger partial charge on any atom is 0.220 e. The maximum absolute atomic E-state index is 10.5. The molecule has 1 rings (SSSR count). The molecule has 0 spiro atoms. The topological polar surface area (TPSA) is 43.1 Å². The summed E-state index contributed by atoms with van der Waals surface area (Å²) < 4.78 is 0. The minimum Gasteiger partial charge on any atom is -0.369 e. The summed E-state index contributed by atoms with van der Waals surface area (Å²) in [7, 11) is 0. The van der Waals surface area contributed by atoms with Crippen LogP contribution in [-0.4, -0.2) is 5.91 Å². The highest BCUT2D eigenvalue weighted by Crippen LogP contribution is 2.16. The highest BCUT2D eigenvalue weighted by molar-refractivity contribution is 5.76. The molecule has 50 valence electrons. The van der Waals surface area contributed by atoms with Crippen molar-refractivity contribution in [2.45, 2.75) is 19.3 Å². The number of rotatable bonds is 1. The predicted octanol–water partition coefficient (Wildman–Crippen LogP) is 0.828. The Hall–Kier alpha value is -0.790. The van der Waals surface area contributed by atoms with Gasteiger partial charge in [-0.05, 0) is 19.3 Å². The SMILES string of the molecule is NC(=O)C1CC=CCC1. The van der Waals surface area contributed by atoms with Crippen molar-refractivity contribution >= 4 is 5.91 Å². The summed E-state index contributed by atoms with van der Waals surface area (Å²) in [4.78, 5) is 10.5. The molecule has 1 aliphatic carbocycles. The molecule has 0 bridgehead atoms. The molecule has 0 aromatic carbocycles. The van der Waals surface area contributed by atoms with E-state index >= 15 is 0 Å². The van der Waals surface area contributed by atoms with Crippen molar-refractivity contribution < 1.29 is 4.79 Å². The van der Waals surface area contributed by atoms with Crippen LogP contribution in [0.15, 0.2) is 12.2 Å². The molecular formula is C7H11NO. The number of allylic oxidation sites excluding steroid dienone is 2. The highest BCUT2D eigenvalue weighted by atomic mass is 16.1. The van der Waals surface area contributed by atoms with Gasteiger partial charge in [0.25, 0.3) is 0 Å². The standard InChI is InChI=1S/C7H11NO/c8-7(9)6-4-2-1-3-5-6/h1-2,6H,3-5H2,(H2,8,9). The van der Waals surface area contributed by atoms with Crippen LogP contribution in [0.3, 0.4) is 0 Å². The molecule has 2 heteroatoms. The molecule has 0 fully saturated rings. The first-order valence-electron chi connectivity index (χ1n) is 3.25. The van der Waals surface area contributed by atoms with Gasteiger partial charge in [0.15, 0.2) is 0 Å². The number of hydrogen-bond acceptors (Lipinski definition) is 1. The molecular weight excluding hydrogens is 114 g/mol. The van der Waals surface area contributed by atoms with E-state index < -0.39 is 0 Å². The molecule has 0 saturated heterocycles. The van der Waals surface area contributed by atoms with Gasteiger partial charge in [-0.25, -0.2) is 0 Å². The third-order valence-electron chi connectivity index (χ3n) is 1.67. The van der Waals surface area contributed by atoms with Gasteiger partial charge in [-0.15, -0.1) is 0 Å². The third-order valence-corrected chi connectivity index (χ3v) is 1.67. The van der Waals surface area contributed by atoms with Crippen LogP contribution >= 0.6 is 0 Å². The zero-order valence-electron chi connectivity index (χ0n) is 5.34. The lowest BCUT2D eigenvalue weighted by molar-refractivity contribution is -0.121. The average molecular weight is 125 g/mol. The van der Waals surface area contributed by atoms with Crippen molar-refractivity contribution in [3.05, 3.63) is 12.2 Å². The Bertz CT molecular complexity index is 140. The smallest absolute Gasteiger partial charge is 0.220 e. The first-order chi connectivity index (χ1) is 4.30. The van der Waals surface area contributed by atoms with Crippen molar-refractivity contribution in [1.29, 1.82) is 0 Å². The number of carbonyl (C=O) groups excluding carboxylic acids is 1. The van der Waals surface area contributed by atoms with E-state index in [0.717, 1.165) is 19.3 Å². The summed E-state index contributed by atoms with van der Waals surface area (Å²) in [6.07, 6.45) is 6.91. The first-order valence-corrected chi connectivity index (χ1v) is 3.25. The van der Waals surface area contributed by atoms with Crippen LogP contribution in [0.1, 0.15) is 19.3 Å². The monoisotopic (exact) mass is 125 g/mol. The molecule has 9 heavy (non-hydrogen) atoms. The minimum absolute atomic E-state index is 0.106. The number of hydrogen-bond donors (Lipinski definition) is 1. The molecule has 0 aliphatic heterocycles. The highest BCUT2D eigenvalue weighted by Gasteiger charge is 2.14. The van der Waals surface area contributed by atoms with Crippen molar-refractivity contribution in [2.75, 3.05) is 0 Å². The van der Waals surface area contributed by atoms with Crippen molar-refractivity contribution in [2.24, 2.45) is 11.7 Å². The summed E-state index contributed by atoms with van der Waals surface area (Å²) in [6, 6.07) is 0. The van der Waals surface area contributed by atoms with Crippen LogP contribution in [0, 0.1) is 5.92 Å². The Balaban J connectivity index is 2.44. The molecule has 1 atom stereocenters. The Morgan fingerprint density at radius 3 is 2.67 bits per heavy atom. The average Bonchev–Trinajstić information content (AvgIpc) is 1.90. The minimum atomic E-state index is -0.153. The van der Waals surface area contributed by atoms with E-state index in [1.54, 1.807) is 0 Å². The van der Waals surface area contributed by atoms with Crippen LogP contribution in [0.4, 0.5) is 0 Å². The lowest BCUT2D eigenvalue weighted by Gasteiger charge is -2.12. The third kappa shape index (κ3) is 1.56. The van der Waals surface area contributed by atoms with E-state index in [1.807, 2.05) is 6.08 Å². The Kier molecular flexibility index (Phi) is 1.88. The number of primary amides is 1. The second-order valence-electron chi connectivity index (χ2n) is 2.38. The van der Waals surface area contributed by atoms with Crippen LogP contribution in [-0.2, 0) is 4.79 Å². The van der Waals surface area contributed by atoms with E-state index in [9.17, 15) is 4.79 Å².